The summed E-state index contributed by atoms with van der Waals surface area (Å²) in [6.07, 6.45) is 3.43. The number of esters is 2. The maximum absolute atomic E-state index is 12.4. The van der Waals surface area contributed by atoms with Crippen molar-refractivity contribution in [2.45, 2.75) is 72.3 Å². The van der Waals surface area contributed by atoms with Gasteiger partial charge in [0.05, 0.1) is 22.4 Å². The van der Waals surface area contributed by atoms with E-state index in [1.54, 1.807) is 9.32 Å². The van der Waals surface area contributed by atoms with E-state index in [0.717, 1.165) is 24.5 Å². The Hall–Kier alpha value is -0.140. The van der Waals surface area contributed by atoms with E-state index in [1.807, 2.05) is 67.8 Å². The van der Waals surface area contributed by atoms with Gasteiger partial charge in [0.25, 0.3) is 0 Å². The van der Waals surface area contributed by atoms with Gasteiger partial charge in [-0.2, -0.15) is 0 Å². The van der Waals surface area contributed by atoms with Gasteiger partial charge in [0, 0.05) is 19.5 Å². The Balaban J connectivity index is 0.000000212. The summed E-state index contributed by atoms with van der Waals surface area (Å²) in [5.41, 5.74) is -0.569. The number of carbonyl (C=O) groups excluding carboxylic acids is 3. The number of hydrogen-bond acceptors (Lipinski definition) is 11. The van der Waals surface area contributed by atoms with Crippen LogP contribution < -0.4 is 0 Å². The number of halogens is 1. The second kappa shape index (κ2) is 12.8. The lowest BCUT2D eigenvalue weighted by Gasteiger charge is -2.32. The SMILES string of the molecule is COC(=O)[C@@H]1CC2(CN1C(=O)OC(C)(C)C)SCCCS2.COC(=O)[C@@H]1CC2(CN1Cl)SCCCS2. The molecule has 2 atom stereocenters. The van der Waals surface area contributed by atoms with Crippen LogP contribution in [0.5, 0.6) is 0 Å². The van der Waals surface area contributed by atoms with Crippen molar-refractivity contribution in [2.24, 2.45) is 0 Å². The zero-order chi connectivity index (χ0) is 26.6. The number of amides is 1. The van der Waals surface area contributed by atoms with Gasteiger partial charge in [0.15, 0.2) is 0 Å². The van der Waals surface area contributed by atoms with Crippen molar-refractivity contribution >= 4 is 76.9 Å². The smallest absolute Gasteiger partial charge is 0.411 e. The molecule has 206 valence electrons. The summed E-state index contributed by atoms with van der Waals surface area (Å²) in [5, 5.41) is 0. The molecule has 0 unspecified atom stereocenters. The van der Waals surface area contributed by atoms with Crippen molar-refractivity contribution < 1.29 is 28.6 Å². The van der Waals surface area contributed by atoms with Gasteiger partial charge >= 0.3 is 18.0 Å². The van der Waals surface area contributed by atoms with E-state index in [-0.39, 0.29) is 26.1 Å². The van der Waals surface area contributed by atoms with Crippen LogP contribution in [0.2, 0.25) is 0 Å². The highest BCUT2D eigenvalue weighted by Crippen LogP contribution is 2.51. The molecule has 4 rings (SSSR count). The molecule has 4 saturated heterocycles. The predicted molar refractivity (Wildman–Crippen MR) is 151 cm³/mol. The van der Waals surface area contributed by atoms with Crippen molar-refractivity contribution in [1.29, 1.82) is 0 Å². The van der Waals surface area contributed by atoms with E-state index in [2.05, 4.69) is 0 Å². The number of likely N-dealkylation sites (tertiary alicyclic amines) is 1. The number of rotatable bonds is 2. The quantitative estimate of drug-likeness (QED) is 0.251. The van der Waals surface area contributed by atoms with Gasteiger partial charge in [-0.05, 0) is 74.8 Å². The van der Waals surface area contributed by atoms with Gasteiger partial charge in [-0.1, -0.05) is 0 Å². The number of thioether (sulfide) groups is 4. The molecule has 4 aliphatic rings. The Morgan fingerprint density at radius 3 is 1.72 bits per heavy atom. The minimum atomic E-state index is -0.569. The van der Waals surface area contributed by atoms with E-state index in [0.29, 0.717) is 13.0 Å². The van der Waals surface area contributed by atoms with Crippen LogP contribution in [-0.2, 0) is 23.8 Å². The van der Waals surface area contributed by atoms with E-state index in [9.17, 15) is 14.4 Å². The molecule has 0 aromatic heterocycles. The molecule has 36 heavy (non-hydrogen) atoms. The first-order valence-electron chi connectivity index (χ1n) is 12.1. The van der Waals surface area contributed by atoms with Crippen LogP contribution in [0.15, 0.2) is 0 Å². The summed E-state index contributed by atoms with van der Waals surface area (Å²) < 4.78 is 16.7. The zero-order valence-electron chi connectivity index (χ0n) is 21.6. The van der Waals surface area contributed by atoms with Gasteiger partial charge in [-0.25, -0.2) is 14.0 Å². The molecule has 1 amide bonds. The highest BCUT2D eigenvalue weighted by atomic mass is 35.5. The fourth-order valence-corrected chi connectivity index (χ4v) is 11.7. The fraction of sp³-hybridized carbons (Fsp3) is 0.870. The van der Waals surface area contributed by atoms with Crippen molar-refractivity contribution in [3.05, 3.63) is 0 Å². The number of nitrogens with zero attached hydrogens (tertiary/aromatic N) is 2. The molecule has 4 heterocycles. The number of methoxy groups -OCH3 is 2. The Labute approximate surface area is 236 Å². The molecule has 0 aromatic rings. The van der Waals surface area contributed by atoms with Crippen molar-refractivity contribution in [1.82, 2.24) is 9.32 Å². The number of ether oxygens (including phenoxy) is 3. The van der Waals surface area contributed by atoms with Crippen LogP contribution in [0, 0.1) is 0 Å². The average molecular weight is 601 g/mol. The van der Waals surface area contributed by atoms with Crippen LogP contribution in [0.25, 0.3) is 0 Å². The molecule has 0 aliphatic carbocycles. The van der Waals surface area contributed by atoms with Gasteiger partial charge in [0.2, 0.25) is 0 Å². The average Bonchev–Trinajstić information content (AvgIpc) is 3.36. The third-order valence-corrected chi connectivity index (χ3v) is 13.2. The van der Waals surface area contributed by atoms with Gasteiger partial charge in [-0.15, -0.1) is 47.0 Å². The van der Waals surface area contributed by atoms with Crippen LogP contribution in [-0.4, -0.2) is 104 Å². The van der Waals surface area contributed by atoms with E-state index in [1.165, 1.54) is 38.6 Å². The molecule has 0 N–H and O–H groups in total. The molecule has 4 aliphatic heterocycles. The lowest BCUT2D eigenvalue weighted by molar-refractivity contribution is -0.146. The van der Waals surface area contributed by atoms with E-state index in [4.69, 9.17) is 26.0 Å². The monoisotopic (exact) mass is 600 g/mol. The number of hydrogen-bond donors (Lipinski definition) is 0. The molecular weight excluding hydrogens is 564 g/mol. The Bertz CT molecular complexity index is 802. The summed E-state index contributed by atoms with van der Waals surface area (Å²) in [6.45, 7) is 6.79. The largest absolute Gasteiger partial charge is 0.468 e. The lowest BCUT2D eigenvalue weighted by atomic mass is 10.2. The Morgan fingerprint density at radius 2 is 1.25 bits per heavy atom. The van der Waals surface area contributed by atoms with Crippen molar-refractivity contribution in [2.75, 3.05) is 50.3 Å². The van der Waals surface area contributed by atoms with Crippen LogP contribution in [0.3, 0.4) is 0 Å². The molecule has 2 spiro atoms. The van der Waals surface area contributed by atoms with Gasteiger partial charge < -0.3 is 14.2 Å². The lowest BCUT2D eigenvalue weighted by Crippen LogP contribution is -2.44. The Kier molecular flexibility index (Phi) is 10.8. The topological polar surface area (TPSA) is 85.4 Å². The highest BCUT2D eigenvalue weighted by Gasteiger charge is 2.52. The third kappa shape index (κ3) is 7.71. The van der Waals surface area contributed by atoms with E-state index < -0.39 is 17.7 Å². The molecule has 0 saturated carbocycles. The third-order valence-electron chi connectivity index (χ3n) is 6.14. The molecular formula is C23H37ClN2O6S4. The molecule has 8 nitrogen and oxygen atoms in total. The molecule has 13 heteroatoms. The second-order valence-corrected chi connectivity index (χ2v) is 16.9. The first kappa shape index (κ1) is 30.4. The minimum Gasteiger partial charge on any atom is -0.468 e. The Morgan fingerprint density at radius 1 is 0.806 bits per heavy atom. The predicted octanol–water partition coefficient (Wildman–Crippen LogP) is 4.69. The summed E-state index contributed by atoms with van der Waals surface area (Å²) >= 11 is 13.7. The van der Waals surface area contributed by atoms with Crippen LogP contribution >= 0.6 is 58.8 Å². The van der Waals surface area contributed by atoms with Crippen molar-refractivity contribution in [3.8, 4) is 0 Å². The van der Waals surface area contributed by atoms with Crippen molar-refractivity contribution in [3.63, 3.8) is 0 Å². The molecule has 0 radical (unpaired) electrons. The summed E-state index contributed by atoms with van der Waals surface area (Å²) in [7, 11) is 2.78. The minimum absolute atomic E-state index is 0.0893. The second-order valence-electron chi connectivity index (χ2n) is 10.1. The molecule has 0 aromatic carbocycles. The standard InChI is InChI=1S/C14H23NO4S2.C9H14ClNO2S2/c1-13(2,3)19-12(17)15-9-14(20-6-5-7-21-14)8-10(15)11(16)18-4;1-13-8(12)7-5-9(6-11(7)10)14-3-2-4-15-9/h10H,5-9H2,1-4H3;7H,2-6H2,1H3/t10-;7-/m00/s1. The fourth-order valence-electron chi connectivity index (χ4n) is 4.48. The number of carbonyl (C=O) groups is 3. The maximum Gasteiger partial charge on any atom is 0.411 e. The summed E-state index contributed by atoms with van der Waals surface area (Å²) in [5.74, 6) is 3.92. The maximum atomic E-state index is 12.4. The van der Waals surface area contributed by atoms with Crippen LogP contribution in [0.1, 0.15) is 46.5 Å². The normalized spacial score (nSPS) is 27.3. The highest BCUT2D eigenvalue weighted by molar-refractivity contribution is 8.19. The first-order chi connectivity index (χ1) is 16.9. The van der Waals surface area contributed by atoms with E-state index >= 15 is 0 Å². The molecule has 0 bridgehead atoms. The first-order valence-corrected chi connectivity index (χ1v) is 16.3. The zero-order valence-corrected chi connectivity index (χ0v) is 25.6. The summed E-state index contributed by atoms with van der Waals surface area (Å²) in [4.78, 5) is 37.5. The van der Waals surface area contributed by atoms with Crippen LogP contribution in [0.4, 0.5) is 4.79 Å². The summed E-state index contributed by atoms with van der Waals surface area (Å²) in [6, 6.07) is -0.808. The molecule has 4 fully saturated rings. The van der Waals surface area contributed by atoms with Gasteiger partial charge in [-0.3, -0.25) is 9.69 Å². The van der Waals surface area contributed by atoms with Gasteiger partial charge in [0.1, 0.15) is 17.7 Å².